The van der Waals surface area contributed by atoms with Crippen LogP contribution >= 0.6 is 0 Å². The molecule has 12 heteroatoms. The molecule has 0 heterocycles. The highest BCUT2D eigenvalue weighted by atomic mass is 32.2. The molecule has 11 nitrogen and oxygen atoms in total. The Morgan fingerprint density at radius 2 is 1.89 bits per heavy atom. The van der Waals surface area contributed by atoms with E-state index in [9.17, 15) is 43.2 Å². The Hall–Kier alpha value is -2.80. The summed E-state index contributed by atoms with van der Waals surface area (Å²) in [5.41, 5.74) is 3.99. The lowest BCUT2D eigenvalue weighted by atomic mass is 9.61. The minimum Gasteiger partial charge on any atom is -0.507 e. The van der Waals surface area contributed by atoms with Crippen LogP contribution in [0, 0.1) is 18.8 Å². The first-order valence-electron chi connectivity index (χ1n) is 11.1. The molecule has 194 valence electrons. The number of aromatic hydroxyl groups is 1. The van der Waals surface area contributed by atoms with Crippen LogP contribution in [0.15, 0.2) is 17.7 Å². The van der Waals surface area contributed by atoms with Gasteiger partial charge in [-0.05, 0) is 49.3 Å². The Morgan fingerprint density at radius 3 is 2.37 bits per heavy atom. The number of fused-ring (bicyclic) bond motifs is 2. The molecule has 0 radical (unpaired) electrons. The van der Waals surface area contributed by atoms with Crippen molar-refractivity contribution in [3.05, 3.63) is 34.4 Å². The first-order chi connectivity index (χ1) is 16.2. The molecule has 0 unspecified atom stereocenters. The van der Waals surface area contributed by atoms with Crippen molar-refractivity contribution < 1.29 is 43.2 Å². The third-order valence-corrected chi connectivity index (χ3v) is 7.08. The fraction of sp³-hybridized carbons (Fsp3) is 0.522. The zero-order chi connectivity index (χ0) is 26.7. The summed E-state index contributed by atoms with van der Waals surface area (Å²) in [6.07, 6.45) is 0.771. The number of nitrogens with one attached hydrogen (secondary N) is 1. The lowest BCUT2D eigenvalue weighted by Crippen LogP contribution is -2.59. The predicted octanol–water partition coefficient (Wildman–Crippen LogP) is -0.155. The maximum Gasteiger partial charge on any atom is 0.225 e. The molecule has 0 aliphatic heterocycles. The number of nitrogens with two attached hydrogens (primary N) is 1. The van der Waals surface area contributed by atoms with Gasteiger partial charge in [0.2, 0.25) is 21.7 Å². The van der Waals surface area contributed by atoms with Gasteiger partial charge in [0, 0.05) is 24.6 Å². The van der Waals surface area contributed by atoms with Crippen molar-refractivity contribution in [1.29, 1.82) is 0 Å². The van der Waals surface area contributed by atoms with Gasteiger partial charge < -0.3 is 26.2 Å². The van der Waals surface area contributed by atoms with E-state index >= 15 is 0 Å². The lowest BCUT2D eigenvalue weighted by molar-refractivity contribution is -0.159. The number of carbonyl (C=O) groups excluding carboxylic acids is 3. The third kappa shape index (κ3) is 5.89. The monoisotopic (exact) mass is 512 g/mol. The maximum atomic E-state index is 13.2. The molecule has 3 atom stereocenters. The summed E-state index contributed by atoms with van der Waals surface area (Å²) in [7, 11) is -2.92. The largest absolute Gasteiger partial charge is 0.507 e. The molecule has 0 saturated heterocycles. The van der Waals surface area contributed by atoms with E-state index in [0.717, 1.165) is 11.8 Å². The van der Waals surface area contributed by atoms with Gasteiger partial charge in [0.1, 0.15) is 11.5 Å². The first-order valence-corrected chi connectivity index (χ1v) is 13.0. The van der Waals surface area contributed by atoms with Crippen LogP contribution in [0.4, 0.5) is 0 Å². The fourth-order valence-electron chi connectivity index (χ4n) is 4.73. The molecular weight excluding hydrogens is 480 g/mol. The van der Waals surface area contributed by atoms with Crippen molar-refractivity contribution in [2.45, 2.75) is 45.1 Å². The zero-order valence-corrected chi connectivity index (χ0v) is 20.7. The number of amides is 1. The molecule has 1 aromatic rings. The minimum atomic E-state index is -2.92. The van der Waals surface area contributed by atoms with Gasteiger partial charge >= 0.3 is 0 Å². The number of Topliss-reactive ketones (excluding diaryl/α,β-unsaturated/α-hetero) is 2. The number of aliphatic hydroxyl groups is 3. The third-order valence-electron chi connectivity index (χ3n) is 6.27. The molecule has 0 bridgehead atoms. The van der Waals surface area contributed by atoms with Gasteiger partial charge in [0.15, 0.2) is 11.4 Å². The zero-order valence-electron chi connectivity index (χ0n) is 19.9. The highest BCUT2D eigenvalue weighted by molar-refractivity contribution is 7.88. The van der Waals surface area contributed by atoms with Gasteiger partial charge in [-0.1, -0.05) is 13.0 Å². The van der Waals surface area contributed by atoms with Gasteiger partial charge in [-0.25, -0.2) is 13.1 Å². The number of rotatable bonds is 7. The van der Waals surface area contributed by atoms with E-state index < -0.39 is 57.1 Å². The smallest absolute Gasteiger partial charge is 0.225 e. The average Bonchev–Trinajstić information content (AvgIpc) is 2.73. The second-order valence-electron chi connectivity index (χ2n) is 8.80. The molecule has 3 rings (SSSR count). The van der Waals surface area contributed by atoms with Crippen molar-refractivity contribution in [1.82, 2.24) is 4.72 Å². The number of carbonyl (C=O) groups is 3. The molecule has 0 aromatic heterocycles. The summed E-state index contributed by atoms with van der Waals surface area (Å²) in [6.45, 7) is 3.66. The molecular formula is C23H32N2O9S. The van der Waals surface area contributed by atoms with E-state index in [4.69, 9.17) is 5.73 Å². The number of primary amides is 1. The van der Waals surface area contributed by atoms with E-state index in [-0.39, 0.29) is 36.3 Å². The molecule has 1 aromatic carbocycles. The summed E-state index contributed by atoms with van der Waals surface area (Å²) in [4.78, 5) is 37.0. The number of sulfonamides is 1. The summed E-state index contributed by atoms with van der Waals surface area (Å²) >= 11 is 0. The molecule has 7 N–H and O–H groups in total. The Kier molecular flexibility index (Phi) is 8.82. The second kappa shape index (κ2) is 10.9. The number of ketones is 2. The number of benzene rings is 1. The number of aliphatic hydroxyl groups excluding tert-OH is 2. The molecule has 1 saturated carbocycles. The van der Waals surface area contributed by atoms with E-state index in [0.29, 0.717) is 18.5 Å². The summed E-state index contributed by atoms with van der Waals surface area (Å²) in [5.74, 6) is -5.13. The van der Waals surface area contributed by atoms with Crippen LogP contribution in [0.25, 0.3) is 5.76 Å². The van der Waals surface area contributed by atoms with Crippen LogP contribution in [0.2, 0.25) is 0 Å². The average molecular weight is 513 g/mol. The topological polar surface area (TPSA) is 204 Å². The Bertz CT molecular complexity index is 1160. The van der Waals surface area contributed by atoms with Crippen LogP contribution in [0.3, 0.4) is 0 Å². The van der Waals surface area contributed by atoms with E-state index in [1.54, 1.807) is 13.0 Å². The number of hydrogen-bond donors (Lipinski definition) is 6. The number of aryl methyl sites for hydroxylation is 1. The first kappa shape index (κ1) is 28.4. The van der Waals surface area contributed by atoms with Crippen molar-refractivity contribution in [2.75, 3.05) is 19.4 Å². The van der Waals surface area contributed by atoms with Crippen LogP contribution in [-0.2, 0) is 30.8 Å². The number of hydrogen-bond acceptors (Lipinski definition) is 9. The van der Waals surface area contributed by atoms with Crippen molar-refractivity contribution in [3.8, 4) is 5.75 Å². The molecule has 2 aliphatic rings. The summed E-state index contributed by atoms with van der Waals surface area (Å²) in [6, 6.07) is 3.10. The van der Waals surface area contributed by atoms with Crippen LogP contribution in [0.1, 0.15) is 42.9 Å². The van der Waals surface area contributed by atoms with Gasteiger partial charge in [0.05, 0.1) is 18.2 Å². The number of phenolic OH excluding ortho intramolecular Hbond substituents is 1. The molecule has 2 aliphatic carbocycles. The SMILES string of the molecule is CCNS(C)(=O)=O.Cc1ccc(O)c2c1C[C@H]1C[C@@H](CCO)[C@@](O)(C(=O)CC(N)=O)C(=O)C1=C2O. The fourth-order valence-corrected chi connectivity index (χ4v) is 5.26. The van der Waals surface area contributed by atoms with Gasteiger partial charge in [0.25, 0.3) is 0 Å². The van der Waals surface area contributed by atoms with Crippen molar-refractivity contribution in [2.24, 2.45) is 17.6 Å². The quantitative estimate of drug-likeness (QED) is 0.268. The minimum absolute atomic E-state index is 0.0246. The Balaban J connectivity index is 0.000000540. The molecule has 35 heavy (non-hydrogen) atoms. The number of phenols is 1. The van der Waals surface area contributed by atoms with Crippen molar-refractivity contribution in [3.63, 3.8) is 0 Å². The van der Waals surface area contributed by atoms with Gasteiger partial charge in [-0.15, -0.1) is 0 Å². The van der Waals surface area contributed by atoms with E-state index in [1.165, 1.54) is 6.07 Å². The highest BCUT2D eigenvalue weighted by Gasteiger charge is 2.57. The van der Waals surface area contributed by atoms with E-state index in [1.807, 2.05) is 6.92 Å². The molecule has 1 amide bonds. The maximum absolute atomic E-state index is 13.2. The van der Waals surface area contributed by atoms with Gasteiger partial charge in [-0.3, -0.25) is 14.4 Å². The normalized spacial score (nSPS) is 23.6. The second-order valence-corrected chi connectivity index (χ2v) is 10.6. The van der Waals surface area contributed by atoms with Crippen LogP contribution in [-0.4, -0.2) is 71.3 Å². The Morgan fingerprint density at radius 1 is 1.26 bits per heavy atom. The molecule has 0 spiro atoms. The predicted molar refractivity (Wildman–Crippen MR) is 127 cm³/mol. The van der Waals surface area contributed by atoms with Crippen molar-refractivity contribution >= 4 is 33.3 Å². The van der Waals surface area contributed by atoms with Crippen LogP contribution in [0.5, 0.6) is 5.75 Å². The van der Waals surface area contributed by atoms with Gasteiger partial charge in [-0.2, -0.15) is 0 Å². The standard InChI is InChI=1S/C20H23NO7.C3H9NO2S/c1-9-2-3-13(23)17-12(9)7-10-6-11(4-5-22)20(28,14(24)8-15(21)25)19(27)16(10)18(17)26;1-3-4-7(2,5)6/h2-3,10-11,22-23,26,28H,4-8H2,1H3,(H2,21,25);4H,3H2,1-2H3/t10-,11-,20-;/m1./s1. The van der Waals surface area contributed by atoms with E-state index in [2.05, 4.69) is 4.72 Å². The van der Waals surface area contributed by atoms with Crippen LogP contribution < -0.4 is 10.5 Å². The highest BCUT2D eigenvalue weighted by Crippen LogP contribution is 2.49. The summed E-state index contributed by atoms with van der Waals surface area (Å²) in [5, 5.41) is 41.4. The molecule has 1 fully saturated rings. The summed E-state index contributed by atoms with van der Waals surface area (Å²) < 4.78 is 22.5. The Labute approximate surface area is 203 Å². The lowest BCUT2D eigenvalue weighted by Gasteiger charge is -2.43.